The highest BCUT2D eigenvalue weighted by Gasteiger charge is 2.53. The van der Waals surface area contributed by atoms with E-state index in [0.717, 1.165) is 45.2 Å². The van der Waals surface area contributed by atoms with E-state index >= 15 is 0 Å². The third-order valence-corrected chi connectivity index (χ3v) is 10.1. The Morgan fingerprint density at radius 1 is 1.23 bits per heavy atom. The van der Waals surface area contributed by atoms with E-state index in [0.29, 0.717) is 24.8 Å². The van der Waals surface area contributed by atoms with Gasteiger partial charge in [-0.15, -0.1) is 0 Å². The van der Waals surface area contributed by atoms with Gasteiger partial charge in [-0.2, -0.15) is 0 Å². The molecule has 2 aliphatic heterocycles. The maximum absolute atomic E-state index is 12.2. The number of fused-ring (bicyclic) bond motifs is 4. The van der Waals surface area contributed by atoms with Crippen LogP contribution in [0.4, 0.5) is 0 Å². The average molecular weight is 436 g/mol. The molecular weight excluding hydrogens is 398 g/mol. The van der Waals surface area contributed by atoms with Gasteiger partial charge in [0.05, 0.1) is 11.4 Å². The molecule has 0 amide bonds. The molecule has 2 fully saturated rings. The monoisotopic (exact) mass is 435 g/mol. The van der Waals surface area contributed by atoms with Crippen molar-refractivity contribution in [3.05, 3.63) is 29.3 Å². The number of aromatic hydroxyl groups is 1. The summed E-state index contributed by atoms with van der Waals surface area (Å²) in [7, 11) is 1.43. The lowest BCUT2D eigenvalue weighted by Crippen LogP contribution is -2.68. The van der Waals surface area contributed by atoms with E-state index in [9.17, 15) is 13.5 Å². The van der Waals surface area contributed by atoms with E-state index in [-0.39, 0.29) is 16.8 Å². The highest BCUT2D eigenvalue weighted by Crippen LogP contribution is 2.51. The number of piperidine rings is 2. The van der Waals surface area contributed by atoms with E-state index in [1.165, 1.54) is 11.1 Å². The summed E-state index contributed by atoms with van der Waals surface area (Å²) in [6.45, 7) is 7.42. The second-order valence-corrected chi connectivity index (χ2v) is 12.3. The van der Waals surface area contributed by atoms with Gasteiger partial charge in [0.25, 0.3) is 0 Å². The Kier molecular flexibility index (Phi) is 5.71. The molecule has 1 aromatic rings. The second-order valence-electron chi connectivity index (χ2n) is 10.0. The van der Waals surface area contributed by atoms with E-state index in [4.69, 9.17) is 0 Å². The van der Waals surface area contributed by atoms with E-state index in [2.05, 4.69) is 36.9 Å². The lowest BCUT2D eigenvalue weighted by atomic mass is 9.62. The number of hydrogen-bond acceptors (Lipinski definition) is 5. The molecule has 0 spiro atoms. The number of likely N-dealkylation sites (N-methyl/N-ethyl adjacent to an activating group) is 2. The maximum atomic E-state index is 12.2. The maximum Gasteiger partial charge on any atom is 0.213 e. The van der Waals surface area contributed by atoms with Crippen LogP contribution in [0.2, 0.25) is 0 Å². The standard InChI is InChI=1S/C23H37N3O3S/c1-5-30(28,29)26-11-8-18(9-12-26)16-25(4)23-15-19-6-7-20(27)14-21(19)22(2,17-23)10-13-24(23)3/h6-7,14,18,27H,5,8-13,15-17H2,1-4H3. The Bertz CT molecular complexity index is 897. The van der Waals surface area contributed by atoms with Gasteiger partial charge in [0.2, 0.25) is 10.0 Å². The molecule has 2 saturated heterocycles. The summed E-state index contributed by atoms with van der Waals surface area (Å²) in [6.07, 6.45) is 5.00. The van der Waals surface area contributed by atoms with Crippen LogP contribution >= 0.6 is 0 Å². The number of phenolic OH excluding ortho intramolecular Hbond substituents is 1. The lowest BCUT2D eigenvalue weighted by molar-refractivity contribution is -0.0951. The van der Waals surface area contributed by atoms with Gasteiger partial charge in [-0.3, -0.25) is 9.80 Å². The predicted molar refractivity (Wildman–Crippen MR) is 120 cm³/mol. The Hall–Kier alpha value is -1.15. The molecular formula is C23H37N3O3S. The molecule has 0 radical (unpaired) electrons. The zero-order valence-corrected chi connectivity index (χ0v) is 19.7. The smallest absolute Gasteiger partial charge is 0.213 e. The summed E-state index contributed by atoms with van der Waals surface area (Å²) in [5.74, 6) is 1.08. The minimum atomic E-state index is -3.07. The molecule has 1 N–H and O–H groups in total. The van der Waals surface area contributed by atoms with Crippen LogP contribution in [0, 0.1) is 5.92 Å². The second kappa shape index (κ2) is 7.76. The van der Waals surface area contributed by atoms with Gasteiger partial charge in [0, 0.05) is 32.6 Å². The number of phenols is 1. The minimum Gasteiger partial charge on any atom is -0.508 e. The van der Waals surface area contributed by atoms with Gasteiger partial charge < -0.3 is 5.11 Å². The zero-order chi connectivity index (χ0) is 21.7. The Morgan fingerprint density at radius 3 is 2.60 bits per heavy atom. The number of benzene rings is 1. The van der Waals surface area contributed by atoms with Gasteiger partial charge >= 0.3 is 0 Å². The van der Waals surface area contributed by atoms with Crippen LogP contribution in [-0.4, -0.2) is 79.3 Å². The van der Waals surface area contributed by atoms with Crippen molar-refractivity contribution >= 4 is 10.0 Å². The first kappa shape index (κ1) is 22.1. The topological polar surface area (TPSA) is 64.1 Å². The Balaban J connectivity index is 1.52. The first-order chi connectivity index (χ1) is 14.1. The van der Waals surface area contributed by atoms with Crippen LogP contribution in [0.5, 0.6) is 5.75 Å². The fourth-order valence-electron chi connectivity index (χ4n) is 6.15. The molecule has 168 valence electrons. The van der Waals surface area contributed by atoms with Crippen molar-refractivity contribution in [1.29, 1.82) is 0 Å². The molecule has 1 aromatic carbocycles. The normalized spacial score (nSPS) is 31.1. The van der Waals surface area contributed by atoms with E-state index in [1.54, 1.807) is 11.2 Å². The minimum absolute atomic E-state index is 0.0242. The van der Waals surface area contributed by atoms with Crippen LogP contribution in [0.15, 0.2) is 18.2 Å². The van der Waals surface area contributed by atoms with Crippen molar-refractivity contribution in [2.75, 3.05) is 46.0 Å². The summed E-state index contributed by atoms with van der Waals surface area (Å²) < 4.78 is 26.0. The molecule has 4 rings (SSSR count). The van der Waals surface area contributed by atoms with Crippen molar-refractivity contribution in [1.82, 2.24) is 14.1 Å². The van der Waals surface area contributed by atoms with Gasteiger partial charge in [0.15, 0.2) is 0 Å². The number of rotatable bonds is 5. The summed E-state index contributed by atoms with van der Waals surface area (Å²) in [6, 6.07) is 5.91. The average Bonchev–Trinajstić information content (AvgIpc) is 2.72. The van der Waals surface area contributed by atoms with Crippen molar-refractivity contribution in [2.24, 2.45) is 5.92 Å². The lowest BCUT2D eigenvalue weighted by Gasteiger charge is -2.60. The van der Waals surface area contributed by atoms with Crippen LogP contribution in [0.1, 0.15) is 50.7 Å². The van der Waals surface area contributed by atoms with Gasteiger partial charge in [-0.1, -0.05) is 13.0 Å². The summed E-state index contributed by atoms with van der Waals surface area (Å²) in [4.78, 5) is 5.08. The van der Waals surface area contributed by atoms with Crippen LogP contribution in [0.25, 0.3) is 0 Å². The molecule has 0 saturated carbocycles. The SMILES string of the molecule is CCS(=O)(=O)N1CCC(CN(C)C23Cc4ccc(O)cc4C(C)(CCN2C)C3)CC1. The molecule has 6 nitrogen and oxygen atoms in total. The Labute approximate surface area is 181 Å². The highest BCUT2D eigenvalue weighted by molar-refractivity contribution is 7.89. The summed E-state index contributed by atoms with van der Waals surface area (Å²) >= 11 is 0. The molecule has 3 aliphatic rings. The van der Waals surface area contributed by atoms with Crippen molar-refractivity contribution in [2.45, 2.75) is 57.0 Å². The summed E-state index contributed by atoms with van der Waals surface area (Å²) in [5, 5.41) is 10.1. The number of hydrogen-bond donors (Lipinski definition) is 1. The van der Waals surface area contributed by atoms with Gasteiger partial charge in [-0.05, 0) is 81.3 Å². The van der Waals surface area contributed by atoms with Gasteiger partial charge in [-0.25, -0.2) is 12.7 Å². The zero-order valence-electron chi connectivity index (χ0n) is 18.9. The van der Waals surface area contributed by atoms with Gasteiger partial charge in [0.1, 0.15) is 5.75 Å². The molecule has 2 atom stereocenters. The van der Waals surface area contributed by atoms with E-state index < -0.39 is 10.0 Å². The molecule has 0 aromatic heterocycles. The Morgan fingerprint density at radius 2 is 1.93 bits per heavy atom. The fraction of sp³-hybridized carbons (Fsp3) is 0.739. The van der Waals surface area contributed by atoms with Crippen molar-refractivity contribution < 1.29 is 13.5 Å². The largest absolute Gasteiger partial charge is 0.508 e. The van der Waals surface area contributed by atoms with Crippen molar-refractivity contribution in [3.8, 4) is 5.75 Å². The molecule has 7 heteroatoms. The molecule has 2 bridgehead atoms. The quantitative estimate of drug-likeness (QED) is 0.770. The predicted octanol–water partition coefficient (Wildman–Crippen LogP) is 2.62. The molecule has 30 heavy (non-hydrogen) atoms. The number of likely N-dealkylation sites (tertiary alicyclic amines) is 1. The number of sulfonamides is 1. The third kappa shape index (κ3) is 3.68. The highest BCUT2D eigenvalue weighted by atomic mass is 32.2. The van der Waals surface area contributed by atoms with E-state index in [1.807, 2.05) is 12.1 Å². The molecule has 2 heterocycles. The van der Waals surface area contributed by atoms with Crippen molar-refractivity contribution in [3.63, 3.8) is 0 Å². The molecule has 1 aliphatic carbocycles. The third-order valence-electron chi connectivity index (χ3n) is 8.17. The summed E-state index contributed by atoms with van der Waals surface area (Å²) in [5.41, 5.74) is 2.72. The fourth-order valence-corrected chi connectivity index (χ4v) is 7.29. The van der Waals surface area contributed by atoms with Crippen LogP contribution in [-0.2, 0) is 21.9 Å². The molecule has 2 unspecified atom stereocenters. The van der Waals surface area contributed by atoms with Crippen LogP contribution < -0.4 is 0 Å². The first-order valence-electron chi connectivity index (χ1n) is 11.3. The first-order valence-corrected chi connectivity index (χ1v) is 12.9. The van der Waals surface area contributed by atoms with Crippen LogP contribution in [0.3, 0.4) is 0 Å². The number of nitrogens with zero attached hydrogens (tertiary/aromatic N) is 3.